The summed E-state index contributed by atoms with van der Waals surface area (Å²) in [6.45, 7) is 2.29. The average Bonchev–Trinajstić information content (AvgIpc) is 2.47. The van der Waals surface area contributed by atoms with E-state index in [0.29, 0.717) is 6.04 Å². The van der Waals surface area contributed by atoms with Gasteiger partial charge in [-0.3, -0.25) is 0 Å². The minimum absolute atomic E-state index is 0.516. The highest BCUT2D eigenvalue weighted by atomic mass is 15.2. The van der Waals surface area contributed by atoms with Crippen LogP contribution in [-0.2, 0) is 6.42 Å². The van der Waals surface area contributed by atoms with E-state index >= 15 is 0 Å². The molecule has 0 radical (unpaired) electrons. The van der Waals surface area contributed by atoms with E-state index in [9.17, 15) is 0 Å². The molecule has 0 amide bonds. The average molecular weight is 253 g/mol. The smallest absolute Gasteiger partial charge is 0.127 e. The van der Waals surface area contributed by atoms with E-state index in [0.717, 1.165) is 12.2 Å². The second-order valence-electron chi connectivity index (χ2n) is 5.04. The number of hydrogen-bond acceptors (Lipinski definition) is 3. The number of nitrogens with one attached hydrogen (secondary N) is 1. The van der Waals surface area contributed by atoms with E-state index < -0.39 is 0 Å². The molecule has 19 heavy (non-hydrogen) atoms. The summed E-state index contributed by atoms with van der Waals surface area (Å²) >= 11 is 0. The molecular weight excluding hydrogens is 234 g/mol. The first-order valence-corrected chi connectivity index (χ1v) is 6.80. The minimum atomic E-state index is 0.516. The molecule has 1 unspecified atom stereocenters. The van der Waals surface area contributed by atoms with E-state index in [2.05, 4.69) is 58.5 Å². The van der Waals surface area contributed by atoms with E-state index in [1.807, 2.05) is 13.2 Å². The highest BCUT2D eigenvalue weighted by molar-refractivity contribution is 5.70. The molecule has 0 aliphatic carbocycles. The Bertz CT molecular complexity index is 580. The lowest BCUT2D eigenvalue weighted by atomic mass is 9.96. The molecule has 3 nitrogen and oxygen atoms in total. The fraction of sp³-hybridized carbons (Fsp3) is 0.312. The van der Waals surface area contributed by atoms with Crippen LogP contribution < -0.4 is 10.2 Å². The maximum absolute atomic E-state index is 4.30. The number of benzene rings is 1. The van der Waals surface area contributed by atoms with Gasteiger partial charge in [0, 0.05) is 36.7 Å². The standard InChI is InChI=1S/C16H19N3/c1-12-7-8-13-5-3-4-6-15(13)19(12)14-9-10-18-16(11-14)17-2/h3-6,9-12H,7-8H2,1-2H3,(H,17,18). The monoisotopic (exact) mass is 253 g/mol. The van der Waals surface area contributed by atoms with Gasteiger partial charge in [-0.05, 0) is 37.5 Å². The second-order valence-corrected chi connectivity index (χ2v) is 5.04. The van der Waals surface area contributed by atoms with Crippen LogP contribution in [-0.4, -0.2) is 18.1 Å². The largest absolute Gasteiger partial charge is 0.373 e. The van der Waals surface area contributed by atoms with Crippen molar-refractivity contribution in [1.29, 1.82) is 0 Å². The Morgan fingerprint density at radius 3 is 2.95 bits per heavy atom. The Kier molecular flexibility index (Phi) is 3.11. The number of fused-ring (bicyclic) bond motifs is 1. The number of para-hydroxylation sites is 1. The summed E-state index contributed by atoms with van der Waals surface area (Å²) in [6.07, 6.45) is 4.22. The summed E-state index contributed by atoms with van der Waals surface area (Å²) < 4.78 is 0. The maximum Gasteiger partial charge on any atom is 0.127 e. The molecule has 1 aliphatic heterocycles. The Balaban J connectivity index is 2.07. The van der Waals surface area contributed by atoms with Crippen molar-refractivity contribution in [3.8, 4) is 0 Å². The summed E-state index contributed by atoms with van der Waals surface area (Å²) in [4.78, 5) is 6.71. The zero-order valence-corrected chi connectivity index (χ0v) is 11.4. The van der Waals surface area contributed by atoms with Gasteiger partial charge < -0.3 is 10.2 Å². The van der Waals surface area contributed by atoms with Gasteiger partial charge in [0.2, 0.25) is 0 Å². The Labute approximate surface area is 114 Å². The first-order valence-electron chi connectivity index (χ1n) is 6.80. The minimum Gasteiger partial charge on any atom is -0.373 e. The zero-order chi connectivity index (χ0) is 13.2. The normalized spacial score (nSPS) is 18.0. The highest BCUT2D eigenvalue weighted by Crippen LogP contribution is 2.36. The molecular formula is C16H19N3. The number of aryl methyl sites for hydroxylation is 1. The van der Waals surface area contributed by atoms with Crippen molar-refractivity contribution in [3.05, 3.63) is 48.2 Å². The van der Waals surface area contributed by atoms with Gasteiger partial charge >= 0.3 is 0 Å². The van der Waals surface area contributed by atoms with Gasteiger partial charge in [0.05, 0.1) is 0 Å². The van der Waals surface area contributed by atoms with E-state index in [4.69, 9.17) is 0 Å². The molecule has 0 fully saturated rings. The summed E-state index contributed by atoms with van der Waals surface area (Å²) in [5.74, 6) is 0.910. The van der Waals surface area contributed by atoms with Gasteiger partial charge in [0.1, 0.15) is 5.82 Å². The van der Waals surface area contributed by atoms with Crippen molar-refractivity contribution >= 4 is 17.2 Å². The van der Waals surface area contributed by atoms with Crippen LogP contribution in [0.3, 0.4) is 0 Å². The third kappa shape index (κ3) is 2.16. The fourth-order valence-corrected chi connectivity index (χ4v) is 2.79. The summed E-state index contributed by atoms with van der Waals surface area (Å²) in [5.41, 5.74) is 3.97. The van der Waals surface area contributed by atoms with Crippen LogP contribution in [0.25, 0.3) is 0 Å². The second kappa shape index (κ2) is 4.92. The molecule has 0 spiro atoms. The molecule has 0 saturated carbocycles. The van der Waals surface area contributed by atoms with Crippen molar-refractivity contribution in [2.24, 2.45) is 0 Å². The lowest BCUT2D eigenvalue weighted by Gasteiger charge is -2.37. The lowest BCUT2D eigenvalue weighted by Crippen LogP contribution is -2.33. The van der Waals surface area contributed by atoms with Crippen molar-refractivity contribution < 1.29 is 0 Å². The predicted molar refractivity (Wildman–Crippen MR) is 80.1 cm³/mol. The summed E-state index contributed by atoms with van der Waals surface area (Å²) in [5, 5.41) is 3.11. The third-order valence-electron chi connectivity index (χ3n) is 3.80. The van der Waals surface area contributed by atoms with Gasteiger partial charge in [-0.15, -0.1) is 0 Å². The van der Waals surface area contributed by atoms with Gasteiger partial charge in [0.15, 0.2) is 0 Å². The molecule has 0 saturated heterocycles. The van der Waals surface area contributed by atoms with E-state index in [-0.39, 0.29) is 0 Å². The van der Waals surface area contributed by atoms with Crippen molar-refractivity contribution in [2.75, 3.05) is 17.3 Å². The van der Waals surface area contributed by atoms with Crippen LogP contribution in [0.4, 0.5) is 17.2 Å². The van der Waals surface area contributed by atoms with Crippen molar-refractivity contribution in [3.63, 3.8) is 0 Å². The third-order valence-corrected chi connectivity index (χ3v) is 3.80. The fourth-order valence-electron chi connectivity index (χ4n) is 2.79. The molecule has 2 aromatic rings. The molecule has 0 bridgehead atoms. The van der Waals surface area contributed by atoms with Crippen LogP contribution in [0.15, 0.2) is 42.6 Å². The Morgan fingerprint density at radius 2 is 2.11 bits per heavy atom. The van der Waals surface area contributed by atoms with Crippen LogP contribution in [0.5, 0.6) is 0 Å². The van der Waals surface area contributed by atoms with Crippen LogP contribution in [0.1, 0.15) is 18.9 Å². The van der Waals surface area contributed by atoms with Gasteiger partial charge in [-0.1, -0.05) is 18.2 Å². The van der Waals surface area contributed by atoms with E-state index in [1.165, 1.54) is 23.4 Å². The molecule has 1 aliphatic rings. The summed E-state index contributed by atoms with van der Waals surface area (Å²) in [7, 11) is 1.90. The number of rotatable bonds is 2. The number of nitrogens with zero attached hydrogens (tertiary/aromatic N) is 2. The number of hydrogen-bond donors (Lipinski definition) is 1. The van der Waals surface area contributed by atoms with E-state index in [1.54, 1.807) is 0 Å². The predicted octanol–water partition coefficient (Wildman–Crippen LogP) is 3.60. The molecule has 1 aromatic heterocycles. The van der Waals surface area contributed by atoms with Crippen molar-refractivity contribution in [2.45, 2.75) is 25.8 Å². The highest BCUT2D eigenvalue weighted by Gasteiger charge is 2.24. The first-order chi connectivity index (χ1) is 9.29. The maximum atomic E-state index is 4.30. The van der Waals surface area contributed by atoms with Crippen LogP contribution in [0.2, 0.25) is 0 Å². The lowest BCUT2D eigenvalue weighted by molar-refractivity contribution is 0.618. The SMILES string of the molecule is CNc1cc(N2c3ccccc3CCC2C)ccn1. The van der Waals surface area contributed by atoms with Gasteiger partial charge in [0.25, 0.3) is 0 Å². The molecule has 1 atom stereocenters. The molecule has 1 N–H and O–H groups in total. The molecule has 3 heteroatoms. The number of anilines is 3. The van der Waals surface area contributed by atoms with Gasteiger partial charge in [-0.2, -0.15) is 0 Å². The quantitative estimate of drug-likeness (QED) is 0.886. The van der Waals surface area contributed by atoms with Gasteiger partial charge in [-0.25, -0.2) is 4.98 Å². The Morgan fingerprint density at radius 1 is 1.26 bits per heavy atom. The van der Waals surface area contributed by atoms with Crippen LogP contribution in [0, 0.1) is 0 Å². The number of pyridine rings is 1. The molecule has 98 valence electrons. The first kappa shape index (κ1) is 12.0. The van der Waals surface area contributed by atoms with Crippen LogP contribution >= 0.6 is 0 Å². The molecule has 2 heterocycles. The van der Waals surface area contributed by atoms with Crippen molar-refractivity contribution in [1.82, 2.24) is 4.98 Å². The number of aromatic nitrogens is 1. The Hall–Kier alpha value is -2.03. The molecule has 1 aromatic carbocycles. The zero-order valence-electron chi connectivity index (χ0n) is 11.4. The summed E-state index contributed by atoms with van der Waals surface area (Å²) in [6, 6.07) is 13.4. The topological polar surface area (TPSA) is 28.2 Å². The molecule has 3 rings (SSSR count).